The number of nitrogens with one attached hydrogen (secondary N) is 3. The Labute approximate surface area is 334 Å². The molecule has 1 saturated heterocycles. The van der Waals surface area contributed by atoms with Crippen LogP contribution in [0.3, 0.4) is 0 Å². The summed E-state index contributed by atoms with van der Waals surface area (Å²) in [5.41, 5.74) is -0.0106. The number of amides is 4. The number of aromatic nitrogens is 1. The number of methoxy groups -OCH3 is 1. The molecule has 15 heteroatoms. The smallest absolute Gasteiger partial charge is 0.408 e. The van der Waals surface area contributed by atoms with Crippen LogP contribution in [0.2, 0.25) is 0 Å². The van der Waals surface area contributed by atoms with Gasteiger partial charge in [-0.3, -0.25) is 19.1 Å². The summed E-state index contributed by atoms with van der Waals surface area (Å²) < 4.78 is 46.7. The molecule has 4 aliphatic carbocycles. The number of fused-ring (bicyclic) bond motifs is 5. The second-order valence-electron chi connectivity index (χ2n) is 16.9. The van der Waals surface area contributed by atoms with E-state index in [1.54, 1.807) is 7.11 Å². The maximum Gasteiger partial charge on any atom is 0.408 e. The lowest BCUT2D eigenvalue weighted by molar-refractivity contribution is -0.142. The first-order valence-corrected chi connectivity index (χ1v) is 22.5. The molecule has 4 saturated carbocycles. The van der Waals surface area contributed by atoms with E-state index in [4.69, 9.17) is 19.2 Å². The Morgan fingerprint density at radius 1 is 1.00 bits per heavy atom. The summed E-state index contributed by atoms with van der Waals surface area (Å²) in [5, 5.41) is 6.11. The summed E-state index contributed by atoms with van der Waals surface area (Å²) >= 11 is 0. The van der Waals surface area contributed by atoms with Crippen molar-refractivity contribution in [1.29, 1.82) is 0 Å². The third-order valence-corrected chi connectivity index (χ3v) is 15.1. The zero-order chi connectivity index (χ0) is 39.9. The van der Waals surface area contributed by atoms with E-state index in [-0.39, 0.29) is 43.2 Å². The van der Waals surface area contributed by atoms with Crippen LogP contribution in [-0.4, -0.2) is 90.9 Å². The minimum absolute atomic E-state index is 0.0140. The molecule has 3 N–H and O–H groups in total. The molecule has 2 bridgehead atoms. The van der Waals surface area contributed by atoms with Gasteiger partial charge in [0.25, 0.3) is 5.91 Å². The predicted molar refractivity (Wildman–Crippen MR) is 211 cm³/mol. The van der Waals surface area contributed by atoms with Gasteiger partial charge in [-0.1, -0.05) is 50.5 Å². The highest BCUT2D eigenvalue weighted by Gasteiger charge is 2.62. The maximum atomic E-state index is 14.9. The number of ether oxygens (including phenoxy) is 3. The van der Waals surface area contributed by atoms with Gasteiger partial charge < -0.3 is 29.7 Å². The van der Waals surface area contributed by atoms with Crippen LogP contribution in [0.1, 0.15) is 102 Å². The standard InChI is InChI=1S/C42H55N5O9S/c1-3-27-23-42(27,40(50)46-57(52,53)29-20-21-29)45-37(48)33-22-28-24-47(33)39(49)35(26-13-7-8-14-26)44-41(51)56-34-19-11-15-25(34)12-5-4-6-17-31-36(54-2)30-16-9-10-18-32(30)43-38(31)55-28/h4,6,9-10,16,18,25-29,33-35H,3,5,7-8,11-15,17,19-24H2,1-2H3,(H,44,51)(H,45,48)(H,46,50). The molecule has 4 amide bonds. The minimum atomic E-state index is -3.87. The van der Waals surface area contributed by atoms with Crippen molar-refractivity contribution in [2.45, 2.75) is 138 Å². The van der Waals surface area contributed by atoms with Crippen molar-refractivity contribution >= 4 is 44.7 Å². The highest BCUT2D eigenvalue weighted by Crippen LogP contribution is 2.47. The number of carbonyl (C=O) groups is 4. The average Bonchev–Trinajstić information content (AvgIpc) is 3.98. The summed E-state index contributed by atoms with van der Waals surface area (Å²) in [6.45, 7) is 1.90. The topological polar surface area (TPSA) is 182 Å². The number of benzene rings is 1. The molecule has 2 aliphatic heterocycles. The van der Waals surface area contributed by atoms with Crippen LogP contribution in [0.5, 0.6) is 11.6 Å². The second kappa shape index (κ2) is 16.1. The number of sulfonamides is 1. The molecule has 2 aromatic rings. The fraction of sp³-hybridized carbons (Fsp3) is 0.643. The SMILES string of the molecule is CCC1CC1(NC(=O)C1CC2CN1C(=O)C(C1CCCC1)NC(=O)OC1CCCC1CCC=CCc1c(nc3ccccc3c1OC)O2)C(=O)NS(=O)(=O)C1CC1. The second-order valence-corrected chi connectivity index (χ2v) is 18.9. The molecule has 57 heavy (non-hydrogen) atoms. The summed E-state index contributed by atoms with van der Waals surface area (Å²) in [4.78, 5) is 63.2. The lowest BCUT2D eigenvalue weighted by Crippen LogP contribution is -2.59. The highest BCUT2D eigenvalue weighted by molar-refractivity contribution is 7.91. The fourth-order valence-corrected chi connectivity index (χ4v) is 11.2. The van der Waals surface area contributed by atoms with Crippen molar-refractivity contribution in [2.75, 3.05) is 13.7 Å². The Bertz CT molecular complexity index is 2030. The molecule has 308 valence electrons. The van der Waals surface area contributed by atoms with E-state index < -0.39 is 62.8 Å². The Morgan fingerprint density at radius 2 is 1.77 bits per heavy atom. The predicted octanol–water partition coefficient (Wildman–Crippen LogP) is 4.83. The van der Waals surface area contributed by atoms with E-state index in [2.05, 4.69) is 27.5 Å². The molecule has 8 rings (SSSR count). The van der Waals surface area contributed by atoms with Gasteiger partial charge in [-0.15, -0.1) is 0 Å². The third-order valence-electron chi connectivity index (χ3n) is 13.2. The van der Waals surface area contributed by atoms with Crippen LogP contribution in [0.25, 0.3) is 10.9 Å². The molecule has 1 aromatic carbocycles. The number of carbonyl (C=O) groups excluding carboxylic acids is 4. The fourth-order valence-electron chi connectivity index (χ4n) is 9.81. The molecule has 5 fully saturated rings. The Hall–Kier alpha value is -4.40. The first-order chi connectivity index (χ1) is 27.5. The number of rotatable bonds is 8. The van der Waals surface area contributed by atoms with Crippen molar-refractivity contribution in [2.24, 2.45) is 17.8 Å². The Morgan fingerprint density at radius 3 is 2.51 bits per heavy atom. The number of allylic oxidation sites excluding steroid dienone is 2. The molecule has 6 aliphatic rings. The third kappa shape index (κ3) is 8.05. The van der Waals surface area contributed by atoms with Crippen LogP contribution in [0.15, 0.2) is 36.4 Å². The zero-order valence-electron chi connectivity index (χ0n) is 32.9. The van der Waals surface area contributed by atoms with Gasteiger partial charge in [0.1, 0.15) is 35.6 Å². The van der Waals surface area contributed by atoms with Gasteiger partial charge in [0.15, 0.2) is 0 Å². The van der Waals surface area contributed by atoms with Crippen LogP contribution in [-0.2, 0) is 35.6 Å². The van der Waals surface area contributed by atoms with Crippen molar-refractivity contribution in [3.8, 4) is 11.6 Å². The Balaban J connectivity index is 1.15. The molecule has 3 heterocycles. The molecule has 1 aromatic heterocycles. The Kier molecular flexibility index (Phi) is 11.1. The first kappa shape index (κ1) is 39.4. The van der Waals surface area contributed by atoms with Crippen molar-refractivity contribution in [3.05, 3.63) is 42.0 Å². The molecule has 7 atom stereocenters. The monoisotopic (exact) mass is 805 g/mol. The van der Waals surface area contributed by atoms with Crippen LogP contribution in [0, 0.1) is 17.8 Å². The van der Waals surface area contributed by atoms with Crippen molar-refractivity contribution in [1.82, 2.24) is 25.2 Å². The molecular formula is C42H55N5O9S. The van der Waals surface area contributed by atoms with Gasteiger partial charge in [-0.2, -0.15) is 0 Å². The van der Waals surface area contributed by atoms with E-state index in [1.807, 2.05) is 31.2 Å². The van der Waals surface area contributed by atoms with Gasteiger partial charge in [-0.25, -0.2) is 18.2 Å². The van der Waals surface area contributed by atoms with Gasteiger partial charge in [0, 0.05) is 11.8 Å². The number of hydrogen-bond acceptors (Lipinski definition) is 10. The van der Waals surface area contributed by atoms with E-state index >= 15 is 0 Å². The number of para-hydroxylation sites is 1. The minimum Gasteiger partial charge on any atom is -0.496 e. The van der Waals surface area contributed by atoms with Gasteiger partial charge in [0.05, 0.1) is 30.0 Å². The normalized spacial score (nSPS) is 30.9. The van der Waals surface area contributed by atoms with E-state index in [0.717, 1.165) is 68.7 Å². The van der Waals surface area contributed by atoms with Gasteiger partial charge in [0.2, 0.25) is 27.7 Å². The molecule has 7 unspecified atom stereocenters. The number of alkyl carbamates (subject to hydrolysis) is 1. The van der Waals surface area contributed by atoms with Gasteiger partial charge in [-0.05, 0) is 101 Å². The number of pyridine rings is 1. The maximum absolute atomic E-state index is 14.9. The van der Waals surface area contributed by atoms with Crippen molar-refractivity contribution < 1.29 is 41.8 Å². The number of hydrogen-bond donors (Lipinski definition) is 3. The number of nitrogens with zero attached hydrogens (tertiary/aromatic N) is 2. The van der Waals surface area contributed by atoms with Crippen LogP contribution in [0.4, 0.5) is 4.79 Å². The average molecular weight is 806 g/mol. The first-order valence-electron chi connectivity index (χ1n) is 20.9. The molecule has 0 spiro atoms. The summed E-state index contributed by atoms with van der Waals surface area (Å²) in [5.74, 6) is -1.00. The highest BCUT2D eigenvalue weighted by atomic mass is 32.2. The van der Waals surface area contributed by atoms with E-state index in [9.17, 15) is 27.6 Å². The summed E-state index contributed by atoms with van der Waals surface area (Å²) in [6, 6.07) is 5.63. The largest absolute Gasteiger partial charge is 0.496 e. The van der Waals surface area contributed by atoms with Crippen LogP contribution >= 0.6 is 0 Å². The summed E-state index contributed by atoms with van der Waals surface area (Å²) in [6.07, 6.45) is 12.6. The van der Waals surface area contributed by atoms with Crippen molar-refractivity contribution in [3.63, 3.8) is 0 Å². The molecule has 14 nitrogen and oxygen atoms in total. The lowest BCUT2D eigenvalue weighted by atomic mass is 9.96. The molecular weight excluding hydrogens is 751 g/mol. The zero-order valence-corrected chi connectivity index (χ0v) is 33.7. The lowest BCUT2D eigenvalue weighted by Gasteiger charge is -2.32. The molecule has 0 radical (unpaired) electrons. The quantitative estimate of drug-likeness (QED) is 0.313. The van der Waals surface area contributed by atoms with E-state index in [0.29, 0.717) is 42.8 Å². The summed E-state index contributed by atoms with van der Waals surface area (Å²) in [7, 11) is -2.25. The van der Waals surface area contributed by atoms with Crippen LogP contribution < -0.4 is 24.8 Å². The van der Waals surface area contributed by atoms with E-state index in [1.165, 1.54) is 4.90 Å². The van der Waals surface area contributed by atoms with Gasteiger partial charge >= 0.3 is 6.09 Å².